The van der Waals surface area contributed by atoms with Gasteiger partial charge >= 0.3 is 5.97 Å². The number of nitro benzene ring substituents is 1. The number of hydrogen-bond acceptors (Lipinski definition) is 3. The zero-order chi connectivity index (χ0) is 14.0. The molecule has 0 radical (unpaired) electrons. The van der Waals surface area contributed by atoms with E-state index in [0.717, 1.165) is 5.39 Å². The number of carbonyl (C=O) groups is 1. The minimum absolute atomic E-state index is 0.0175. The maximum Gasteiger partial charge on any atom is 0.331 e. The number of aliphatic carboxylic acids is 1. The van der Waals surface area contributed by atoms with Gasteiger partial charge in [-0.3, -0.25) is 10.1 Å². The van der Waals surface area contributed by atoms with Crippen molar-refractivity contribution in [3.63, 3.8) is 0 Å². The summed E-state index contributed by atoms with van der Waals surface area (Å²) in [5, 5.41) is 20.5. The molecule has 0 saturated heterocycles. The largest absolute Gasteiger partial charge is 0.478 e. The standard InChI is InChI=1S/C13H12N2O4/c1-9(13(16)17)5-7-14-8-6-10-3-2-4-11(12(10)14)15(18)19/h2-6,8H,7H2,1H3,(H,16,17)/b9-5-. The molecule has 0 unspecified atom stereocenters. The van der Waals surface area contributed by atoms with Gasteiger partial charge in [-0.15, -0.1) is 0 Å². The lowest BCUT2D eigenvalue weighted by molar-refractivity contribution is -0.383. The van der Waals surface area contributed by atoms with Gasteiger partial charge < -0.3 is 9.67 Å². The quantitative estimate of drug-likeness (QED) is 0.520. The summed E-state index contributed by atoms with van der Waals surface area (Å²) < 4.78 is 1.67. The summed E-state index contributed by atoms with van der Waals surface area (Å²) in [6, 6.07) is 6.62. The Morgan fingerprint density at radius 3 is 2.84 bits per heavy atom. The molecule has 6 nitrogen and oxygen atoms in total. The van der Waals surface area contributed by atoms with E-state index in [-0.39, 0.29) is 17.8 Å². The van der Waals surface area contributed by atoms with Gasteiger partial charge in [-0.1, -0.05) is 18.2 Å². The Morgan fingerprint density at radius 1 is 1.47 bits per heavy atom. The number of nitro groups is 1. The van der Waals surface area contributed by atoms with E-state index in [1.165, 1.54) is 19.1 Å². The molecule has 0 atom stereocenters. The average molecular weight is 260 g/mol. The molecule has 0 saturated carbocycles. The van der Waals surface area contributed by atoms with Crippen molar-refractivity contribution in [3.05, 3.63) is 52.2 Å². The molecule has 19 heavy (non-hydrogen) atoms. The third-order valence-corrected chi connectivity index (χ3v) is 2.90. The van der Waals surface area contributed by atoms with Crippen molar-refractivity contribution in [2.24, 2.45) is 0 Å². The van der Waals surface area contributed by atoms with E-state index >= 15 is 0 Å². The van der Waals surface area contributed by atoms with Gasteiger partial charge in [0.05, 0.1) is 4.92 Å². The van der Waals surface area contributed by atoms with Crippen molar-refractivity contribution < 1.29 is 14.8 Å². The van der Waals surface area contributed by atoms with E-state index in [9.17, 15) is 14.9 Å². The molecule has 98 valence electrons. The first kappa shape index (κ1) is 12.8. The van der Waals surface area contributed by atoms with Gasteiger partial charge in [-0.05, 0) is 13.0 Å². The minimum Gasteiger partial charge on any atom is -0.478 e. The predicted octanol–water partition coefficient (Wildman–Crippen LogP) is 2.58. The fraction of sp³-hybridized carbons (Fsp3) is 0.154. The molecular formula is C13H12N2O4. The van der Waals surface area contributed by atoms with Crippen LogP contribution >= 0.6 is 0 Å². The molecule has 0 amide bonds. The number of benzene rings is 1. The first-order valence-corrected chi connectivity index (χ1v) is 5.63. The van der Waals surface area contributed by atoms with Crippen molar-refractivity contribution in [1.82, 2.24) is 4.57 Å². The molecule has 6 heteroatoms. The summed E-state index contributed by atoms with van der Waals surface area (Å²) in [5.74, 6) is -0.994. The molecule has 0 bridgehead atoms. The molecule has 0 fully saturated rings. The normalized spacial score (nSPS) is 11.7. The summed E-state index contributed by atoms with van der Waals surface area (Å²) >= 11 is 0. The van der Waals surface area contributed by atoms with Gasteiger partial charge in [0.15, 0.2) is 0 Å². The topological polar surface area (TPSA) is 85.4 Å². The maximum absolute atomic E-state index is 11.0. The van der Waals surface area contributed by atoms with Gasteiger partial charge in [0, 0.05) is 29.8 Å². The van der Waals surface area contributed by atoms with Crippen LogP contribution in [-0.2, 0) is 11.3 Å². The molecular weight excluding hydrogens is 248 g/mol. The van der Waals surface area contributed by atoms with Crippen molar-refractivity contribution in [3.8, 4) is 0 Å². The summed E-state index contributed by atoms with van der Waals surface area (Å²) in [5.41, 5.74) is 0.728. The van der Waals surface area contributed by atoms with Crippen LogP contribution in [0.5, 0.6) is 0 Å². The zero-order valence-electron chi connectivity index (χ0n) is 10.2. The number of carboxylic acid groups (broad SMARTS) is 1. The fourth-order valence-electron chi connectivity index (χ4n) is 1.86. The average Bonchev–Trinajstić information content (AvgIpc) is 2.78. The van der Waals surface area contributed by atoms with E-state index in [2.05, 4.69) is 0 Å². The highest BCUT2D eigenvalue weighted by atomic mass is 16.6. The zero-order valence-corrected chi connectivity index (χ0v) is 10.2. The number of allylic oxidation sites excluding steroid dienone is 1. The molecule has 0 spiro atoms. The molecule has 1 aromatic carbocycles. The van der Waals surface area contributed by atoms with Crippen LogP contribution in [0.15, 0.2) is 42.1 Å². The molecule has 0 aliphatic rings. The van der Waals surface area contributed by atoms with Crippen LogP contribution < -0.4 is 0 Å². The van der Waals surface area contributed by atoms with Gasteiger partial charge in [0.2, 0.25) is 0 Å². The first-order chi connectivity index (χ1) is 9.00. The highest BCUT2D eigenvalue weighted by molar-refractivity contribution is 5.89. The number of rotatable bonds is 4. The lowest BCUT2D eigenvalue weighted by Crippen LogP contribution is -2.01. The number of aromatic nitrogens is 1. The van der Waals surface area contributed by atoms with Crippen LogP contribution in [0.2, 0.25) is 0 Å². The van der Waals surface area contributed by atoms with Crippen LogP contribution in [0.1, 0.15) is 6.92 Å². The molecule has 2 aromatic rings. The number of hydrogen-bond donors (Lipinski definition) is 1. The van der Waals surface area contributed by atoms with Gasteiger partial charge in [-0.25, -0.2) is 4.79 Å². The highest BCUT2D eigenvalue weighted by Gasteiger charge is 2.14. The Labute approximate surface area is 108 Å². The molecule has 0 aliphatic carbocycles. The van der Waals surface area contributed by atoms with E-state index in [4.69, 9.17) is 5.11 Å². The fourth-order valence-corrected chi connectivity index (χ4v) is 1.86. The summed E-state index contributed by atoms with van der Waals surface area (Å²) in [6.45, 7) is 1.77. The summed E-state index contributed by atoms with van der Waals surface area (Å²) in [7, 11) is 0. The van der Waals surface area contributed by atoms with Crippen LogP contribution in [0, 0.1) is 10.1 Å². The van der Waals surface area contributed by atoms with Crippen LogP contribution in [0.4, 0.5) is 5.69 Å². The number of nitrogens with zero attached hydrogens (tertiary/aromatic N) is 2. The Balaban J connectivity index is 2.47. The monoisotopic (exact) mass is 260 g/mol. The molecule has 0 aliphatic heterocycles. The summed E-state index contributed by atoms with van der Waals surface area (Å²) in [4.78, 5) is 21.3. The Hall–Kier alpha value is -2.63. The van der Waals surface area contributed by atoms with Crippen molar-refractivity contribution >= 4 is 22.6 Å². The Bertz CT molecular complexity index is 685. The van der Waals surface area contributed by atoms with Crippen molar-refractivity contribution in [1.29, 1.82) is 0 Å². The van der Waals surface area contributed by atoms with Crippen LogP contribution in [0.25, 0.3) is 10.9 Å². The first-order valence-electron chi connectivity index (χ1n) is 5.63. The molecule has 1 aromatic heterocycles. The van der Waals surface area contributed by atoms with E-state index < -0.39 is 10.9 Å². The third kappa shape index (κ3) is 2.47. The SMILES string of the molecule is C/C(=C/Cn1ccc2cccc([N+](=O)[O-])c21)C(=O)O. The van der Waals surface area contributed by atoms with Gasteiger partial charge in [0.25, 0.3) is 5.69 Å². The van der Waals surface area contributed by atoms with Gasteiger partial charge in [-0.2, -0.15) is 0 Å². The van der Waals surface area contributed by atoms with E-state index in [0.29, 0.717) is 5.52 Å². The number of carboxylic acids is 1. The lowest BCUT2D eigenvalue weighted by atomic mass is 10.2. The molecule has 1 N–H and O–H groups in total. The van der Waals surface area contributed by atoms with Crippen LogP contribution in [-0.4, -0.2) is 20.6 Å². The second kappa shape index (κ2) is 4.93. The maximum atomic E-state index is 11.0. The number of para-hydroxylation sites is 1. The Morgan fingerprint density at radius 2 is 2.21 bits per heavy atom. The smallest absolute Gasteiger partial charge is 0.331 e. The second-order valence-electron chi connectivity index (χ2n) is 4.13. The lowest BCUT2D eigenvalue weighted by Gasteiger charge is -2.03. The van der Waals surface area contributed by atoms with Crippen molar-refractivity contribution in [2.45, 2.75) is 13.5 Å². The van der Waals surface area contributed by atoms with E-state index in [1.54, 1.807) is 29.0 Å². The highest BCUT2D eigenvalue weighted by Crippen LogP contribution is 2.26. The number of non-ortho nitro benzene ring substituents is 1. The third-order valence-electron chi connectivity index (χ3n) is 2.90. The molecule has 1 heterocycles. The Kier molecular flexibility index (Phi) is 3.33. The predicted molar refractivity (Wildman–Crippen MR) is 70.0 cm³/mol. The van der Waals surface area contributed by atoms with Crippen LogP contribution in [0.3, 0.4) is 0 Å². The summed E-state index contributed by atoms with van der Waals surface area (Å²) in [6.07, 6.45) is 3.24. The molecule has 2 rings (SSSR count). The minimum atomic E-state index is -0.994. The van der Waals surface area contributed by atoms with Crippen molar-refractivity contribution in [2.75, 3.05) is 0 Å². The number of fused-ring (bicyclic) bond motifs is 1. The van der Waals surface area contributed by atoms with E-state index in [1.807, 2.05) is 0 Å². The van der Waals surface area contributed by atoms with Gasteiger partial charge in [0.1, 0.15) is 5.52 Å². The second-order valence-corrected chi connectivity index (χ2v) is 4.13.